The van der Waals surface area contributed by atoms with E-state index < -0.39 is 17.6 Å². The van der Waals surface area contributed by atoms with Crippen LogP contribution in [0.3, 0.4) is 0 Å². The SMILES string of the molecule is O=C(O)c1ccc(O)c(NC(=O)c2c[nH]c(=O)[nH]2)c1. The van der Waals surface area contributed by atoms with E-state index >= 15 is 0 Å². The summed E-state index contributed by atoms with van der Waals surface area (Å²) in [4.78, 5) is 37.8. The van der Waals surface area contributed by atoms with Crippen molar-refractivity contribution in [1.29, 1.82) is 0 Å². The van der Waals surface area contributed by atoms with Gasteiger partial charge < -0.3 is 25.5 Å². The predicted octanol–water partition coefficient (Wildman–Crippen LogP) is 0.359. The van der Waals surface area contributed by atoms with E-state index in [-0.39, 0.29) is 22.7 Å². The van der Waals surface area contributed by atoms with E-state index in [1.165, 1.54) is 6.07 Å². The number of nitrogens with one attached hydrogen (secondary N) is 3. The van der Waals surface area contributed by atoms with Gasteiger partial charge in [0.15, 0.2) is 0 Å². The molecule has 0 aliphatic rings. The van der Waals surface area contributed by atoms with Crippen molar-refractivity contribution in [3.63, 3.8) is 0 Å². The maximum atomic E-state index is 11.7. The highest BCUT2D eigenvalue weighted by Gasteiger charge is 2.13. The quantitative estimate of drug-likeness (QED) is 0.509. The molecule has 0 aliphatic heterocycles. The van der Waals surface area contributed by atoms with Gasteiger partial charge in [0.2, 0.25) is 0 Å². The predicted molar refractivity (Wildman–Crippen MR) is 64.4 cm³/mol. The van der Waals surface area contributed by atoms with Gasteiger partial charge in [0.05, 0.1) is 11.3 Å². The van der Waals surface area contributed by atoms with Gasteiger partial charge in [-0.3, -0.25) is 4.79 Å². The van der Waals surface area contributed by atoms with Crippen LogP contribution in [0.4, 0.5) is 5.69 Å². The first-order valence-corrected chi connectivity index (χ1v) is 5.12. The first kappa shape index (κ1) is 12.4. The van der Waals surface area contributed by atoms with Gasteiger partial charge >= 0.3 is 11.7 Å². The first-order chi connectivity index (χ1) is 8.97. The lowest BCUT2D eigenvalue weighted by Crippen LogP contribution is -2.14. The van der Waals surface area contributed by atoms with Gasteiger partial charge in [-0.1, -0.05) is 0 Å². The maximum absolute atomic E-state index is 11.7. The third-order valence-electron chi connectivity index (χ3n) is 2.33. The van der Waals surface area contributed by atoms with Gasteiger partial charge in [-0.15, -0.1) is 0 Å². The summed E-state index contributed by atoms with van der Waals surface area (Å²) in [5.41, 5.74) is -0.735. The highest BCUT2D eigenvalue weighted by Crippen LogP contribution is 2.24. The van der Waals surface area contributed by atoms with Crippen molar-refractivity contribution in [3.05, 3.63) is 46.1 Å². The van der Waals surface area contributed by atoms with Crippen LogP contribution in [0.2, 0.25) is 0 Å². The van der Waals surface area contributed by atoms with E-state index in [4.69, 9.17) is 5.11 Å². The van der Waals surface area contributed by atoms with E-state index in [0.29, 0.717) is 0 Å². The Labute approximate surface area is 105 Å². The number of hydrogen-bond donors (Lipinski definition) is 5. The summed E-state index contributed by atoms with van der Waals surface area (Å²) < 4.78 is 0. The molecule has 0 atom stereocenters. The molecular weight excluding hydrogens is 254 g/mol. The van der Waals surface area contributed by atoms with Gasteiger partial charge in [-0.05, 0) is 18.2 Å². The van der Waals surface area contributed by atoms with E-state index in [1.54, 1.807) is 0 Å². The minimum absolute atomic E-state index is 0.0369. The zero-order valence-electron chi connectivity index (χ0n) is 9.43. The lowest BCUT2D eigenvalue weighted by molar-refractivity contribution is 0.0696. The average Bonchev–Trinajstić information content (AvgIpc) is 2.78. The molecule has 8 heteroatoms. The van der Waals surface area contributed by atoms with Crippen LogP contribution in [0.1, 0.15) is 20.8 Å². The number of carboxylic acids is 1. The second kappa shape index (κ2) is 4.69. The zero-order chi connectivity index (χ0) is 14.0. The summed E-state index contributed by atoms with van der Waals surface area (Å²) in [5, 5.41) is 20.6. The largest absolute Gasteiger partial charge is 0.506 e. The van der Waals surface area contributed by atoms with Crippen LogP contribution in [0.5, 0.6) is 5.75 Å². The van der Waals surface area contributed by atoms with Crippen molar-refractivity contribution < 1.29 is 19.8 Å². The normalized spacial score (nSPS) is 10.1. The highest BCUT2D eigenvalue weighted by atomic mass is 16.4. The highest BCUT2D eigenvalue weighted by molar-refractivity contribution is 6.04. The molecule has 0 saturated heterocycles. The number of H-pyrrole nitrogens is 2. The number of phenols is 1. The molecule has 0 aliphatic carbocycles. The standard InChI is InChI=1S/C11H9N3O5/c15-8-2-1-5(10(17)18)3-6(8)13-9(16)7-4-12-11(19)14-7/h1-4,15H,(H,13,16)(H,17,18)(H2,12,14,19). The number of rotatable bonds is 3. The van der Waals surface area contributed by atoms with Crippen molar-refractivity contribution in [2.45, 2.75) is 0 Å². The number of carbonyl (C=O) groups is 2. The van der Waals surface area contributed by atoms with Gasteiger partial charge in [-0.2, -0.15) is 0 Å². The molecule has 0 saturated carbocycles. The number of aromatic carboxylic acids is 1. The molecule has 98 valence electrons. The summed E-state index contributed by atoms with van der Waals surface area (Å²) in [7, 11) is 0. The molecule has 1 heterocycles. The molecule has 2 aromatic rings. The Morgan fingerprint density at radius 1 is 1.26 bits per heavy atom. The molecule has 2 rings (SSSR count). The Hall–Kier alpha value is -3.03. The van der Waals surface area contributed by atoms with Crippen LogP contribution in [0, 0.1) is 0 Å². The molecule has 1 aromatic carbocycles. The molecule has 1 aromatic heterocycles. The molecule has 0 radical (unpaired) electrons. The fourth-order valence-corrected chi connectivity index (χ4v) is 1.41. The number of carboxylic acid groups (broad SMARTS) is 1. The number of aromatic nitrogens is 2. The Bertz CT molecular complexity index is 700. The molecule has 0 spiro atoms. The van der Waals surface area contributed by atoms with E-state index in [2.05, 4.69) is 15.3 Å². The number of aromatic amines is 2. The Balaban J connectivity index is 2.28. The van der Waals surface area contributed by atoms with Crippen LogP contribution in [-0.4, -0.2) is 32.1 Å². The van der Waals surface area contributed by atoms with Crippen molar-refractivity contribution in [2.75, 3.05) is 5.32 Å². The van der Waals surface area contributed by atoms with Crippen LogP contribution in [0.25, 0.3) is 0 Å². The summed E-state index contributed by atoms with van der Waals surface area (Å²) in [5.74, 6) is -2.15. The lowest BCUT2D eigenvalue weighted by atomic mass is 10.2. The number of phenolic OH excluding ortho intramolecular Hbond substituents is 1. The van der Waals surface area contributed by atoms with E-state index in [9.17, 15) is 19.5 Å². The summed E-state index contributed by atoms with van der Waals surface area (Å²) in [6.45, 7) is 0. The third-order valence-corrected chi connectivity index (χ3v) is 2.33. The van der Waals surface area contributed by atoms with E-state index in [1.807, 2.05) is 0 Å². The Morgan fingerprint density at radius 2 is 2.00 bits per heavy atom. The van der Waals surface area contributed by atoms with Gasteiger partial charge in [0, 0.05) is 6.20 Å². The molecule has 0 fully saturated rings. The molecular formula is C11H9N3O5. The summed E-state index contributed by atoms with van der Waals surface area (Å²) in [6.07, 6.45) is 1.16. The number of benzene rings is 1. The molecule has 19 heavy (non-hydrogen) atoms. The van der Waals surface area contributed by atoms with Crippen LogP contribution in [-0.2, 0) is 0 Å². The van der Waals surface area contributed by atoms with Crippen LogP contribution < -0.4 is 11.0 Å². The first-order valence-electron chi connectivity index (χ1n) is 5.12. The van der Waals surface area contributed by atoms with E-state index in [0.717, 1.165) is 18.3 Å². The second-order valence-corrected chi connectivity index (χ2v) is 3.65. The fourth-order valence-electron chi connectivity index (χ4n) is 1.41. The molecule has 5 N–H and O–H groups in total. The molecule has 0 unspecified atom stereocenters. The number of aromatic hydroxyl groups is 1. The number of anilines is 1. The minimum Gasteiger partial charge on any atom is -0.506 e. The Morgan fingerprint density at radius 3 is 2.58 bits per heavy atom. The van der Waals surface area contributed by atoms with Crippen molar-refractivity contribution >= 4 is 17.6 Å². The Kier molecular flexibility index (Phi) is 3.06. The molecule has 0 bridgehead atoms. The summed E-state index contributed by atoms with van der Waals surface area (Å²) in [6, 6.07) is 3.46. The van der Waals surface area contributed by atoms with Gasteiger partial charge in [-0.25, -0.2) is 9.59 Å². The smallest absolute Gasteiger partial charge is 0.335 e. The number of amides is 1. The summed E-state index contributed by atoms with van der Waals surface area (Å²) >= 11 is 0. The minimum atomic E-state index is -1.19. The monoisotopic (exact) mass is 263 g/mol. The van der Waals surface area contributed by atoms with Gasteiger partial charge in [0.1, 0.15) is 11.4 Å². The van der Waals surface area contributed by atoms with Gasteiger partial charge in [0.25, 0.3) is 5.91 Å². The third kappa shape index (κ3) is 2.63. The number of imidazole rings is 1. The zero-order valence-corrected chi connectivity index (χ0v) is 9.43. The second-order valence-electron chi connectivity index (χ2n) is 3.65. The fraction of sp³-hybridized carbons (Fsp3) is 0. The lowest BCUT2D eigenvalue weighted by Gasteiger charge is -2.06. The van der Waals surface area contributed by atoms with Crippen molar-refractivity contribution in [1.82, 2.24) is 9.97 Å². The van der Waals surface area contributed by atoms with Crippen molar-refractivity contribution in [2.24, 2.45) is 0 Å². The number of hydrogen-bond acceptors (Lipinski definition) is 4. The van der Waals surface area contributed by atoms with Crippen LogP contribution in [0.15, 0.2) is 29.2 Å². The number of carbonyl (C=O) groups excluding carboxylic acids is 1. The van der Waals surface area contributed by atoms with Crippen molar-refractivity contribution in [3.8, 4) is 5.75 Å². The molecule has 1 amide bonds. The van der Waals surface area contributed by atoms with Crippen LogP contribution >= 0.6 is 0 Å². The molecule has 8 nitrogen and oxygen atoms in total. The average molecular weight is 263 g/mol. The topological polar surface area (TPSA) is 135 Å². The maximum Gasteiger partial charge on any atom is 0.335 e.